The highest BCUT2D eigenvalue weighted by Crippen LogP contribution is 2.25. The van der Waals surface area contributed by atoms with Crippen LogP contribution in [0.25, 0.3) is 6.08 Å². The maximum Gasteiger partial charge on any atom is 0.272 e. The van der Waals surface area contributed by atoms with Crippen LogP contribution in [0.3, 0.4) is 0 Å². The lowest BCUT2D eigenvalue weighted by atomic mass is 10.1. The molecule has 4 aromatic rings. The molecule has 0 unspecified atom stereocenters. The van der Waals surface area contributed by atoms with Gasteiger partial charge in [0.15, 0.2) is 0 Å². The molecule has 0 spiro atoms. The maximum absolute atomic E-state index is 13.4. The second-order valence-electron chi connectivity index (χ2n) is 9.12. The second-order valence-corrected chi connectivity index (χ2v) is 11.0. The summed E-state index contributed by atoms with van der Waals surface area (Å²) in [6, 6.07) is 27.1. The van der Waals surface area contributed by atoms with E-state index < -0.39 is 11.8 Å². The summed E-state index contributed by atoms with van der Waals surface area (Å²) in [4.78, 5) is 50.7. The van der Waals surface area contributed by atoms with E-state index >= 15 is 0 Å². The molecule has 0 bridgehead atoms. The summed E-state index contributed by atoms with van der Waals surface area (Å²) in [7, 11) is 0. The Morgan fingerprint density at radius 1 is 0.744 bits per heavy atom. The van der Waals surface area contributed by atoms with Crippen molar-refractivity contribution >= 4 is 81.7 Å². The van der Waals surface area contributed by atoms with Crippen molar-refractivity contribution < 1.29 is 19.2 Å². The lowest BCUT2D eigenvalue weighted by molar-refractivity contribution is -0.114. The molecule has 0 heterocycles. The van der Waals surface area contributed by atoms with Crippen LogP contribution in [0, 0.1) is 0 Å². The number of benzene rings is 4. The van der Waals surface area contributed by atoms with Crippen LogP contribution >= 0.6 is 35.0 Å². The Morgan fingerprint density at radius 3 is 2.12 bits per heavy atom. The van der Waals surface area contributed by atoms with Crippen molar-refractivity contribution in [2.75, 3.05) is 21.7 Å². The van der Waals surface area contributed by atoms with Gasteiger partial charge < -0.3 is 21.3 Å². The quantitative estimate of drug-likeness (QED) is 0.110. The molecule has 4 rings (SSSR count). The van der Waals surface area contributed by atoms with E-state index in [9.17, 15) is 19.2 Å². The topological polar surface area (TPSA) is 116 Å². The lowest BCUT2D eigenvalue weighted by Crippen LogP contribution is -2.30. The summed E-state index contributed by atoms with van der Waals surface area (Å²) >= 11 is 13.6. The van der Waals surface area contributed by atoms with Crippen LogP contribution in [0.1, 0.15) is 22.8 Å². The zero-order valence-corrected chi connectivity index (χ0v) is 25.1. The standard InChI is InChI=1S/C32H26Cl2N4O4S/c1-20(39)35-24-12-14-25(15-13-24)36-30(40)19-43-27-9-5-8-26(18-27)37-32(42)29(16-22-10-11-23(33)17-28(22)34)38-31(41)21-6-3-2-4-7-21/h2-18H,19H2,1H3,(H,35,39)(H,36,40)(H,37,42)(H,38,41)/b29-16+. The van der Waals surface area contributed by atoms with Crippen LogP contribution in [0.2, 0.25) is 10.0 Å². The van der Waals surface area contributed by atoms with Gasteiger partial charge in [-0.25, -0.2) is 0 Å². The average Bonchev–Trinajstić information content (AvgIpc) is 2.98. The van der Waals surface area contributed by atoms with Crippen LogP contribution in [0.4, 0.5) is 17.1 Å². The van der Waals surface area contributed by atoms with E-state index in [4.69, 9.17) is 23.2 Å². The van der Waals surface area contributed by atoms with Crippen molar-refractivity contribution in [1.82, 2.24) is 5.32 Å². The fourth-order valence-electron chi connectivity index (χ4n) is 3.76. The molecular weight excluding hydrogens is 607 g/mol. The molecule has 4 amide bonds. The fraction of sp³-hybridized carbons (Fsp3) is 0.0625. The van der Waals surface area contributed by atoms with Crippen molar-refractivity contribution in [3.8, 4) is 0 Å². The molecule has 0 saturated heterocycles. The number of amides is 4. The first-order valence-corrected chi connectivity index (χ1v) is 14.7. The Hall–Kier alpha value is -4.57. The van der Waals surface area contributed by atoms with Gasteiger partial charge in [0.05, 0.1) is 5.75 Å². The minimum absolute atomic E-state index is 0.0277. The molecule has 11 heteroatoms. The Balaban J connectivity index is 1.43. The third kappa shape index (κ3) is 9.75. The Morgan fingerprint density at radius 2 is 1.44 bits per heavy atom. The van der Waals surface area contributed by atoms with Crippen LogP contribution in [0.15, 0.2) is 108 Å². The van der Waals surface area contributed by atoms with Crippen molar-refractivity contribution in [2.24, 2.45) is 0 Å². The molecule has 0 radical (unpaired) electrons. The molecule has 0 aromatic heterocycles. The van der Waals surface area contributed by atoms with Gasteiger partial charge in [0.25, 0.3) is 11.8 Å². The summed E-state index contributed by atoms with van der Waals surface area (Å²) in [6.07, 6.45) is 1.47. The monoisotopic (exact) mass is 632 g/mol. The van der Waals surface area contributed by atoms with Gasteiger partial charge in [0.1, 0.15) is 5.70 Å². The van der Waals surface area contributed by atoms with Gasteiger partial charge in [-0.3, -0.25) is 19.2 Å². The summed E-state index contributed by atoms with van der Waals surface area (Å²) in [6.45, 7) is 1.42. The third-order valence-corrected chi connectivity index (χ3v) is 7.30. The molecule has 0 atom stereocenters. The van der Waals surface area contributed by atoms with Crippen molar-refractivity contribution in [1.29, 1.82) is 0 Å². The average molecular weight is 634 g/mol. The number of hydrogen-bond donors (Lipinski definition) is 4. The van der Waals surface area contributed by atoms with Crippen LogP contribution in [-0.4, -0.2) is 29.4 Å². The zero-order chi connectivity index (χ0) is 30.8. The van der Waals surface area contributed by atoms with E-state index in [0.717, 1.165) is 4.90 Å². The van der Waals surface area contributed by atoms with Gasteiger partial charge in [-0.1, -0.05) is 53.5 Å². The zero-order valence-electron chi connectivity index (χ0n) is 22.8. The van der Waals surface area contributed by atoms with E-state index in [1.54, 1.807) is 91.0 Å². The second kappa shape index (κ2) is 15.1. The van der Waals surface area contributed by atoms with Crippen LogP contribution in [-0.2, 0) is 14.4 Å². The molecule has 218 valence electrons. The number of hydrogen-bond acceptors (Lipinski definition) is 5. The van der Waals surface area contributed by atoms with E-state index in [-0.39, 0.29) is 23.3 Å². The highest BCUT2D eigenvalue weighted by Gasteiger charge is 2.16. The van der Waals surface area contributed by atoms with E-state index in [1.807, 2.05) is 6.07 Å². The number of anilines is 3. The maximum atomic E-state index is 13.4. The first-order chi connectivity index (χ1) is 20.7. The molecule has 0 aliphatic carbocycles. The van der Waals surface area contributed by atoms with E-state index in [0.29, 0.717) is 38.2 Å². The predicted molar refractivity (Wildman–Crippen MR) is 174 cm³/mol. The lowest BCUT2D eigenvalue weighted by Gasteiger charge is -2.13. The molecule has 0 aliphatic rings. The number of carbonyl (C=O) groups is 4. The minimum atomic E-state index is -0.571. The molecule has 8 nitrogen and oxygen atoms in total. The SMILES string of the molecule is CC(=O)Nc1ccc(NC(=O)CSc2cccc(NC(=O)/C(=C\c3ccc(Cl)cc3Cl)NC(=O)c3ccccc3)c2)cc1. The first kappa shape index (κ1) is 31.4. The first-order valence-electron chi connectivity index (χ1n) is 12.9. The van der Waals surface area contributed by atoms with Gasteiger partial charge in [0, 0.05) is 44.5 Å². The fourth-order valence-corrected chi connectivity index (χ4v) is 4.98. The van der Waals surface area contributed by atoms with Crippen LogP contribution < -0.4 is 21.3 Å². The highest BCUT2D eigenvalue weighted by molar-refractivity contribution is 8.00. The molecule has 4 aromatic carbocycles. The Kier molecular flexibility index (Phi) is 11.0. The number of carbonyl (C=O) groups excluding carboxylic acids is 4. The van der Waals surface area contributed by atoms with Gasteiger partial charge in [-0.2, -0.15) is 0 Å². The third-order valence-electron chi connectivity index (χ3n) is 5.74. The Labute approximate surface area is 262 Å². The van der Waals surface area contributed by atoms with Gasteiger partial charge >= 0.3 is 0 Å². The molecular formula is C32H26Cl2N4O4S. The summed E-state index contributed by atoms with van der Waals surface area (Å²) < 4.78 is 0. The highest BCUT2D eigenvalue weighted by atomic mass is 35.5. The molecule has 0 fully saturated rings. The van der Waals surface area contributed by atoms with Crippen LogP contribution in [0.5, 0.6) is 0 Å². The van der Waals surface area contributed by atoms with Gasteiger partial charge in [0.2, 0.25) is 11.8 Å². The minimum Gasteiger partial charge on any atom is -0.326 e. The normalized spacial score (nSPS) is 10.9. The summed E-state index contributed by atoms with van der Waals surface area (Å²) in [5, 5.41) is 11.7. The summed E-state index contributed by atoms with van der Waals surface area (Å²) in [5.74, 6) is -1.31. The number of thioether (sulfide) groups is 1. The molecule has 43 heavy (non-hydrogen) atoms. The molecule has 0 saturated carbocycles. The van der Waals surface area contributed by atoms with Crippen molar-refractivity contribution in [2.45, 2.75) is 11.8 Å². The van der Waals surface area contributed by atoms with Gasteiger partial charge in [-0.15, -0.1) is 11.8 Å². The number of nitrogens with one attached hydrogen (secondary N) is 4. The van der Waals surface area contributed by atoms with Gasteiger partial charge in [-0.05, 0) is 78.4 Å². The number of rotatable bonds is 10. The smallest absolute Gasteiger partial charge is 0.272 e. The molecule has 0 aliphatic heterocycles. The summed E-state index contributed by atoms with van der Waals surface area (Å²) in [5.41, 5.74) is 2.53. The largest absolute Gasteiger partial charge is 0.326 e. The molecule has 4 N–H and O–H groups in total. The van der Waals surface area contributed by atoms with Crippen molar-refractivity contribution in [3.05, 3.63) is 124 Å². The Bertz CT molecular complexity index is 1680. The van der Waals surface area contributed by atoms with E-state index in [2.05, 4.69) is 21.3 Å². The van der Waals surface area contributed by atoms with Crippen molar-refractivity contribution in [3.63, 3.8) is 0 Å². The van der Waals surface area contributed by atoms with E-state index in [1.165, 1.54) is 24.8 Å². The predicted octanol–water partition coefficient (Wildman–Crippen LogP) is 7.09. The number of halogens is 2.